The van der Waals surface area contributed by atoms with Gasteiger partial charge >= 0.3 is 0 Å². The summed E-state index contributed by atoms with van der Waals surface area (Å²) in [4.78, 5) is 16.9. The van der Waals surface area contributed by atoms with Crippen LogP contribution in [0.3, 0.4) is 0 Å². The van der Waals surface area contributed by atoms with Gasteiger partial charge in [0.05, 0.1) is 21.3 Å². The van der Waals surface area contributed by atoms with E-state index < -0.39 is 0 Å². The zero-order chi connectivity index (χ0) is 19.3. The van der Waals surface area contributed by atoms with Crippen LogP contribution in [0.15, 0.2) is 30.5 Å². The summed E-state index contributed by atoms with van der Waals surface area (Å²) in [5, 5.41) is 6.08. The Morgan fingerprint density at radius 2 is 1.62 bits per heavy atom. The van der Waals surface area contributed by atoms with E-state index in [2.05, 4.69) is 15.6 Å². The molecule has 0 aliphatic rings. The van der Waals surface area contributed by atoms with Crippen molar-refractivity contribution >= 4 is 17.4 Å². The van der Waals surface area contributed by atoms with E-state index in [-0.39, 0.29) is 11.4 Å². The van der Waals surface area contributed by atoms with E-state index >= 15 is 0 Å². The first-order chi connectivity index (χ1) is 12.3. The minimum atomic E-state index is -0.265. The lowest BCUT2D eigenvalue weighted by Crippen LogP contribution is -2.27. The maximum atomic E-state index is 12.6. The number of hydrogen-bond donors (Lipinski definition) is 2. The van der Waals surface area contributed by atoms with Crippen LogP contribution in [0.5, 0.6) is 17.2 Å². The number of methoxy groups -OCH3 is 3. The highest BCUT2D eigenvalue weighted by Gasteiger charge is 2.16. The number of ether oxygens (including phenoxy) is 3. The first kappa shape index (κ1) is 19.4. The number of amides is 1. The molecule has 140 valence electrons. The second kappa shape index (κ2) is 7.95. The minimum Gasteiger partial charge on any atom is -0.493 e. The monoisotopic (exact) mass is 359 g/mol. The van der Waals surface area contributed by atoms with Gasteiger partial charge in [0.2, 0.25) is 5.75 Å². The lowest BCUT2D eigenvalue weighted by Gasteiger charge is -2.21. The molecule has 2 N–H and O–H groups in total. The predicted molar refractivity (Wildman–Crippen MR) is 102 cm³/mol. The summed E-state index contributed by atoms with van der Waals surface area (Å²) in [7, 11) is 4.58. The van der Waals surface area contributed by atoms with Crippen LogP contribution in [0.4, 0.5) is 11.5 Å². The van der Waals surface area contributed by atoms with Crippen molar-refractivity contribution in [3.63, 3.8) is 0 Å². The van der Waals surface area contributed by atoms with Crippen molar-refractivity contribution in [3.05, 3.63) is 36.0 Å². The Labute approximate surface area is 153 Å². The molecule has 1 aromatic carbocycles. The number of nitrogens with zero attached hydrogens (tertiary/aromatic N) is 1. The van der Waals surface area contributed by atoms with Crippen LogP contribution in [0.2, 0.25) is 0 Å². The molecular formula is C19H25N3O4. The molecule has 0 aliphatic carbocycles. The van der Waals surface area contributed by atoms with E-state index in [1.54, 1.807) is 30.5 Å². The highest BCUT2D eigenvalue weighted by atomic mass is 16.5. The molecule has 2 rings (SSSR count). The molecule has 26 heavy (non-hydrogen) atoms. The van der Waals surface area contributed by atoms with Crippen molar-refractivity contribution in [2.45, 2.75) is 26.3 Å². The summed E-state index contributed by atoms with van der Waals surface area (Å²) < 4.78 is 15.9. The average molecular weight is 359 g/mol. The summed E-state index contributed by atoms with van der Waals surface area (Å²) in [6.45, 7) is 6.08. The average Bonchev–Trinajstić information content (AvgIpc) is 2.59. The van der Waals surface area contributed by atoms with Crippen LogP contribution >= 0.6 is 0 Å². The van der Waals surface area contributed by atoms with Gasteiger partial charge in [0.1, 0.15) is 5.82 Å². The van der Waals surface area contributed by atoms with Gasteiger partial charge in [0.15, 0.2) is 11.5 Å². The first-order valence-corrected chi connectivity index (χ1v) is 8.13. The molecule has 1 aromatic heterocycles. The van der Waals surface area contributed by atoms with Gasteiger partial charge in [-0.15, -0.1) is 0 Å². The summed E-state index contributed by atoms with van der Waals surface area (Å²) in [5.41, 5.74) is 0.867. The molecule has 0 bridgehead atoms. The van der Waals surface area contributed by atoms with Gasteiger partial charge in [-0.2, -0.15) is 0 Å². The third-order valence-electron chi connectivity index (χ3n) is 3.45. The molecule has 0 fully saturated rings. The Kier molecular flexibility index (Phi) is 5.92. The van der Waals surface area contributed by atoms with Gasteiger partial charge in [-0.1, -0.05) is 0 Å². The molecule has 0 saturated heterocycles. The van der Waals surface area contributed by atoms with Crippen molar-refractivity contribution in [1.29, 1.82) is 0 Å². The molecule has 0 aliphatic heterocycles. The molecule has 7 nitrogen and oxygen atoms in total. The topological polar surface area (TPSA) is 81.7 Å². The van der Waals surface area contributed by atoms with E-state index in [0.29, 0.717) is 34.3 Å². The van der Waals surface area contributed by atoms with E-state index in [1.807, 2.05) is 20.8 Å². The number of hydrogen-bond acceptors (Lipinski definition) is 6. The molecule has 7 heteroatoms. The highest BCUT2D eigenvalue weighted by Crippen LogP contribution is 2.40. The summed E-state index contributed by atoms with van der Waals surface area (Å²) >= 11 is 0. The first-order valence-electron chi connectivity index (χ1n) is 8.13. The quantitative estimate of drug-likeness (QED) is 0.821. The number of carbonyl (C=O) groups excluding carboxylic acids is 1. The summed E-state index contributed by atoms with van der Waals surface area (Å²) in [6.07, 6.45) is 1.60. The van der Waals surface area contributed by atoms with Crippen LogP contribution in [-0.2, 0) is 0 Å². The zero-order valence-electron chi connectivity index (χ0n) is 16.0. The second-order valence-corrected chi connectivity index (χ2v) is 6.67. The van der Waals surface area contributed by atoms with E-state index in [1.165, 1.54) is 21.3 Å². The number of aromatic nitrogens is 1. The number of carbonyl (C=O) groups is 1. The highest BCUT2D eigenvalue weighted by molar-refractivity contribution is 6.05. The number of pyridine rings is 1. The fourth-order valence-electron chi connectivity index (χ4n) is 2.38. The molecule has 1 heterocycles. The largest absolute Gasteiger partial charge is 0.493 e. The fraction of sp³-hybridized carbons (Fsp3) is 0.368. The lowest BCUT2D eigenvalue weighted by atomic mass is 10.1. The standard InChI is InChI=1S/C19H25N3O4/c1-19(2,3)22-16-9-12(7-8-20-16)18(23)21-13-10-14(24-4)17(26-6)15(11-13)25-5/h7-11H,1-6H3,(H,20,22)(H,21,23). The molecule has 2 aromatic rings. The van der Waals surface area contributed by atoms with Gasteiger partial charge in [-0.05, 0) is 32.9 Å². The molecular weight excluding hydrogens is 334 g/mol. The molecule has 0 radical (unpaired) electrons. The van der Waals surface area contributed by atoms with Crippen LogP contribution in [0.1, 0.15) is 31.1 Å². The number of anilines is 2. The Morgan fingerprint density at radius 1 is 1.00 bits per heavy atom. The normalized spacial score (nSPS) is 10.8. The molecule has 0 atom stereocenters. The summed E-state index contributed by atoms with van der Waals surface area (Å²) in [6, 6.07) is 6.71. The van der Waals surface area contributed by atoms with Gasteiger partial charge in [0, 0.05) is 35.1 Å². The number of rotatable bonds is 6. The summed E-state index contributed by atoms with van der Waals surface area (Å²) in [5.74, 6) is 1.76. The second-order valence-electron chi connectivity index (χ2n) is 6.67. The SMILES string of the molecule is COc1cc(NC(=O)c2ccnc(NC(C)(C)C)c2)cc(OC)c1OC. The number of nitrogens with one attached hydrogen (secondary N) is 2. The van der Waals surface area contributed by atoms with E-state index in [4.69, 9.17) is 14.2 Å². The lowest BCUT2D eigenvalue weighted by molar-refractivity contribution is 0.102. The third-order valence-corrected chi connectivity index (χ3v) is 3.45. The van der Waals surface area contributed by atoms with Crippen molar-refractivity contribution < 1.29 is 19.0 Å². The minimum absolute atomic E-state index is 0.154. The number of benzene rings is 1. The van der Waals surface area contributed by atoms with Crippen molar-refractivity contribution in [3.8, 4) is 17.2 Å². The fourth-order valence-corrected chi connectivity index (χ4v) is 2.38. The van der Waals surface area contributed by atoms with Crippen LogP contribution in [-0.4, -0.2) is 37.8 Å². The molecule has 0 spiro atoms. The van der Waals surface area contributed by atoms with Crippen LogP contribution in [0, 0.1) is 0 Å². The zero-order valence-corrected chi connectivity index (χ0v) is 16.0. The van der Waals surface area contributed by atoms with E-state index in [0.717, 1.165) is 0 Å². The molecule has 0 unspecified atom stereocenters. The van der Waals surface area contributed by atoms with Crippen molar-refractivity contribution in [2.75, 3.05) is 32.0 Å². The molecule has 1 amide bonds. The van der Waals surface area contributed by atoms with E-state index in [9.17, 15) is 4.79 Å². The van der Waals surface area contributed by atoms with Gasteiger partial charge in [-0.3, -0.25) is 4.79 Å². The Bertz CT molecular complexity index is 760. The van der Waals surface area contributed by atoms with Crippen molar-refractivity contribution in [1.82, 2.24) is 4.98 Å². The smallest absolute Gasteiger partial charge is 0.255 e. The maximum Gasteiger partial charge on any atom is 0.255 e. The van der Waals surface area contributed by atoms with Crippen LogP contribution < -0.4 is 24.8 Å². The maximum absolute atomic E-state index is 12.6. The van der Waals surface area contributed by atoms with Gasteiger partial charge in [-0.25, -0.2) is 4.98 Å². The predicted octanol–water partition coefficient (Wildman–Crippen LogP) is 3.57. The Balaban J connectivity index is 2.26. The Morgan fingerprint density at radius 3 is 2.12 bits per heavy atom. The molecule has 0 saturated carbocycles. The van der Waals surface area contributed by atoms with Gasteiger partial charge in [0.25, 0.3) is 5.91 Å². The Hall–Kier alpha value is -2.96. The van der Waals surface area contributed by atoms with Crippen LogP contribution in [0.25, 0.3) is 0 Å². The van der Waals surface area contributed by atoms with Crippen molar-refractivity contribution in [2.24, 2.45) is 0 Å². The third kappa shape index (κ3) is 4.78. The van der Waals surface area contributed by atoms with Gasteiger partial charge < -0.3 is 24.8 Å².